The number of nitrogens with one attached hydrogen (secondary N) is 1. The van der Waals surface area contributed by atoms with Gasteiger partial charge in [-0.15, -0.1) is 0 Å². The Kier molecular flexibility index (Phi) is 7.57. The number of anilines is 1. The van der Waals surface area contributed by atoms with E-state index in [-0.39, 0.29) is 10.7 Å². The molecule has 0 saturated carbocycles. The molecule has 0 heterocycles. The maximum absolute atomic E-state index is 11.0. The molecule has 27 heavy (non-hydrogen) atoms. The van der Waals surface area contributed by atoms with Crippen LogP contribution in [0.2, 0.25) is 0 Å². The van der Waals surface area contributed by atoms with E-state index in [1.54, 1.807) is 0 Å². The third-order valence-corrected chi connectivity index (χ3v) is 5.06. The fraction of sp³-hybridized carbons (Fsp3) is 0.250. The second-order valence-electron chi connectivity index (χ2n) is 5.94. The van der Waals surface area contributed by atoms with Crippen LogP contribution in [-0.4, -0.2) is 24.2 Å². The van der Waals surface area contributed by atoms with Gasteiger partial charge in [-0.1, -0.05) is 43.0 Å². The quantitative estimate of drug-likeness (QED) is 0.227. The number of carboxylic acids is 1. The predicted octanol–water partition coefficient (Wildman–Crippen LogP) is 3.36. The van der Waals surface area contributed by atoms with Crippen LogP contribution in [0.25, 0.3) is 11.1 Å². The van der Waals surface area contributed by atoms with Gasteiger partial charge in [-0.25, -0.2) is 4.79 Å². The van der Waals surface area contributed by atoms with Crippen LogP contribution in [0.15, 0.2) is 64.2 Å². The van der Waals surface area contributed by atoms with Gasteiger partial charge in [0.25, 0.3) is 0 Å². The van der Waals surface area contributed by atoms with Crippen molar-refractivity contribution in [1.82, 2.24) is 5.43 Å². The van der Waals surface area contributed by atoms with Crippen LogP contribution in [0.1, 0.15) is 20.3 Å². The molecule has 7 heteroatoms. The van der Waals surface area contributed by atoms with Gasteiger partial charge < -0.3 is 21.2 Å². The Hall–Kier alpha value is -2.64. The van der Waals surface area contributed by atoms with Crippen LogP contribution < -0.4 is 21.9 Å². The van der Waals surface area contributed by atoms with Gasteiger partial charge in [0.1, 0.15) is 5.03 Å². The molecule has 2 aromatic carbocycles. The van der Waals surface area contributed by atoms with Crippen LogP contribution in [0.4, 0.5) is 5.69 Å². The van der Waals surface area contributed by atoms with Crippen molar-refractivity contribution in [2.75, 3.05) is 18.0 Å². The monoisotopic (exact) mass is 386 g/mol. The van der Waals surface area contributed by atoms with E-state index in [0.717, 1.165) is 47.3 Å². The molecule has 6 N–H and O–H groups in total. The summed E-state index contributed by atoms with van der Waals surface area (Å²) in [4.78, 5) is 14.2. The zero-order valence-electron chi connectivity index (χ0n) is 15.6. The highest BCUT2D eigenvalue weighted by atomic mass is 32.2. The summed E-state index contributed by atoms with van der Waals surface area (Å²) in [5.41, 5.74) is 11.1. The van der Waals surface area contributed by atoms with E-state index in [0.29, 0.717) is 0 Å². The van der Waals surface area contributed by atoms with Crippen LogP contribution >= 0.6 is 11.8 Å². The van der Waals surface area contributed by atoms with Crippen LogP contribution in [-0.2, 0) is 4.79 Å². The highest BCUT2D eigenvalue weighted by molar-refractivity contribution is 8.03. The lowest BCUT2D eigenvalue weighted by Crippen LogP contribution is -2.29. The van der Waals surface area contributed by atoms with Gasteiger partial charge in [0.15, 0.2) is 5.70 Å². The highest BCUT2D eigenvalue weighted by Gasteiger charge is 2.12. The van der Waals surface area contributed by atoms with Gasteiger partial charge in [-0.3, -0.25) is 5.84 Å². The molecule has 0 aromatic heterocycles. The summed E-state index contributed by atoms with van der Waals surface area (Å²) >= 11 is 1.15. The lowest BCUT2D eigenvalue weighted by molar-refractivity contribution is -0.133. The van der Waals surface area contributed by atoms with E-state index < -0.39 is 5.97 Å². The topological polar surface area (TPSA) is 105 Å². The normalized spacial score (nSPS) is 11.7. The van der Waals surface area contributed by atoms with Crippen molar-refractivity contribution >= 4 is 23.4 Å². The van der Waals surface area contributed by atoms with Crippen molar-refractivity contribution < 1.29 is 9.90 Å². The van der Waals surface area contributed by atoms with E-state index in [2.05, 4.69) is 48.4 Å². The van der Waals surface area contributed by atoms with Crippen molar-refractivity contribution in [2.24, 2.45) is 11.6 Å². The average molecular weight is 387 g/mol. The molecule has 0 unspecified atom stereocenters. The number of rotatable bonds is 9. The minimum atomic E-state index is -1.19. The first-order valence-corrected chi connectivity index (χ1v) is 9.64. The molecule has 2 aromatic rings. The number of aliphatic carboxylic acids is 1. The van der Waals surface area contributed by atoms with E-state index in [1.165, 1.54) is 5.69 Å². The Morgan fingerprint density at radius 3 is 2.07 bits per heavy atom. The summed E-state index contributed by atoms with van der Waals surface area (Å²) in [6, 6.07) is 16.3. The van der Waals surface area contributed by atoms with Crippen molar-refractivity contribution in [3.05, 3.63) is 59.3 Å². The first-order chi connectivity index (χ1) is 13.0. The van der Waals surface area contributed by atoms with E-state index in [1.807, 2.05) is 24.3 Å². The molecule has 0 amide bonds. The summed E-state index contributed by atoms with van der Waals surface area (Å²) in [6.07, 6.45) is 1.12. The molecule has 0 fully saturated rings. The number of carbonyl (C=O) groups is 1. The number of benzene rings is 2. The zero-order chi connectivity index (χ0) is 19.8. The van der Waals surface area contributed by atoms with Crippen molar-refractivity contribution in [2.45, 2.75) is 25.2 Å². The van der Waals surface area contributed by atoms with E-state index in [4.69, 9.17) is 16.7 Å². The second-order valence-corrected chi connectivity index (χ2v) is 7.06. The minimum absolute atomic E-state index is 0.109. The lowest BCUT2D eigenvalue weighted by Gasteiger charge is -2.22. The predicted molar refractivity (Wildman–Crippen MR) is 112 cm³/mol. The van der Waals surface area contributed by atoms with Gasteiger partial charge in [-0.2, -0.15) is 0 Å². The lowest BCUT2D eigenvalue weighted by atomic mass is 10.1. The Morgan fingerprint density at radius 2 is 1.63 bits per heavy atom. The SMILES string of the molecule is CCCN(CC)c1ccc(-c2ccc(S/C(N)=C(/NN)C(=O)O)cc2)cc1. The van der Waals surface area contributed by atoms with Gasteiger partial charge in [-0.05, 0) is 48.7 Å². The van der Waals surface area contributed by atoms with Crippen LogP contribution in [0.3, 0.4) is 0 Å². The number of hydrogen-bond donors (Lipinski definition) is 4. The second kappa shape index (κ2) is 9.89. The van der Waals surface area contributed by atoms with Crippen molar-refractivity contribution in [3.8, 4) is 11.1 Å². The number of thioether (sulfide) groups is 1. The molecule has 0 saturated heterocycles. The van der Waals surface area contributed by atoms with Gasteiger partial charge >= 0.3 is 5.97 Å². The Balaban J connectivity index is 2.14. The summed E-state index contributed by atoms with van der Waals surface area (Å²) < 4.78 is 0. The molecule has 0 aliphatic rings. The van der Waals surface area contributed by atoms with Gasteiger partial charge in [0, 0.05) is 23.7 Å². The van der Waals surface area contributed by atoms with Crippen LogP contribution in [0.5, 0.6) is 0 Å². The molecule has 144 valence electrons. The minimum Gasteiger partial charge on any atom is -0.476 e. The maximum atomic E-state index is 11.0. The smallest absolute Gasteiger partial charge is 0.356 e. The number of nitrogens with two attached hydrogens (primary N) is 2. The zero-order valence-corrected chi connectivity index (χ0v) is 16.4. The standard InChI is InChI=1S/C20H26N4O2S/c1-3-13-24(4-2)16-9-5-14(6-10-16)15-7-11-17(12-8-15)27-19(21)18(23-22)20(25)26/h5-12,23H,3-4,13,21-22H2,1-2H3,(H,25,26)/b19-18+. The summed E-state index contributed by atoms with van der Waals surface area (Å²) in [5.74, 6) is 4.01. The number of hydrazine groups is 1. The summed E-state index contributed by atoms with van der Waals surface area (Å²) in [5, 5.41) is 9.14. The molecular formula is C20H26N4O2S. The Morgan fingerprint density at radius 1 is 1.07 bits per heavy atom. The Labute approximate surface area is 164 Å². The van der Waals surface area contributed by atoms with Crippen LogP contribution in [0, 0.1) is 0 Å². The fourth-order valence-corrected chi connectivity index (χ4v) is 3.51. The molecule has 0 radical (unpaired) electrons. The van der Waals surface area contributed by atoms with E-state index >= 15 is 0 Å². The third kappa shape index (κ3) is 5.42. The highest BCUT2D eigenvalue weighted by Crippen LogP contribution is 2.29. The third-order valence-electron chi connectivity index (χ3n) is 4.13. The van der Waals surface area contributed by atoms with Gasteiger partial charge in [0.05, 0.1) is 0 Å². The van der Waals surface area contributed by atoms with Gasteiger partial charge in [0.2, 0.25) is 0 Å². The maximum Gasteiger partial charge on any atom is 0.356 e. The molecule has 2 rings (SSSR count). The number of nitrogens with zero attached hydrogens (tertiary/aromatic N) is 1. The first-order valence-electron chi connectivity index (χ1n) is 8.83. The molecular weight excluding hydrogens is 360 g/mol. The molecule has 0 atom stereocenters. The number of hydrogen-bond acceptors (Lipinski definition) is 6. The van der Waals surface area contributed by atoms with E-state index in [9.17, 15) is 4.79 Å². The molecule has 6 nitrogen and oxygen atoms in total. The average Bonchev–Trinajstić information content (AvgIpc) is 2.67. The van der Waals surface area contributed by atoms with Crippen molar-refractivity contribution in [1.29, 1.82) is 0 Å². The molecule has 0 aliphatic carbocycles. The first kappa shape index (κ1) is 20.7. The fourth-order valence-electron chi connectivity index (χ4n) is 2.74. The summed E-state index contributed by atoms with van der Waals surface area (Å²) in [7, 11) is 0. The summed E-state index contributed by atoms with van der Waals surface area (Å²) in [6.45, 7) is 6.38. The molecule has 0 bridgehead atoms. The van der Waals surface area contributed by atoms with Crippen molar-refractivity contribution in [3.63, 3.8) is 0 Å². The molecule has 0 aliphatic heterocycles. The molecule has 0 spiro atoms. The largest absolute Gasteiger partial charge is 0.476 e. The Bertz CT molecular complexity index is 789. The number of carboxylic acid groups (broad SMARTS) is 1.